The van der Waals surface area contributed by atoms with Gasteiger partial charge in [0.1, 0.15) is 0 Å². The van der Waals surface area contributed by atoms with Crippen LogP contribution < -0.4 is 10.2 Å². The van der Waals surface area contributed by atoms with Gasteiger partial charge < -0.3 is 10.2 Å². The Morgan fingerprint density at radius 3 is 3.11 bits per heavy atom. The molecule has 1 atom stereocenters. The fourth-order valence-corrected chi connectivity index (χ4v) is 2.88. The maximum Gasteiger partial charge on any atom is 0.0442 e. The van der Waals surface area contributed by atoms with E-state index in [1.807, 2.05) is 12.4 Å². The number of nitrogens with zero attached hydrogens (tertiary/aromatic N) is 2. The first-order valence-corrected chi connectivity index (χ1v) is 7.73. The predicted octanol–water partition coefficient (Wildman–Crippen LogP) is 3.21. The van der Waals surface area contributed by atoms with Gasteiger partial charge >= 0.3 is 0 Å². The van der Waals surface area contributed by atoms with E-state index in [2.05, 4.69) is 35.1 Å². The van der Waals surface area contributed by atoms with Crippen molar-refractivity contribution in [3.8, 4) is 0 Å². The first-order valence-electron chi connectivity index (χ1n) is 7.73. The van der Waals surface area contributed by atoms with E-state index >= 15 is 0 Å². The highest BCUT2D eigenvalue weighted by atomic mass is 15.1. The minimum absolute atomic E-state index is 0.860. The van der Waals surface area contributed by atoms with E-state index in [4.69, 9.17) is 0 Å². The molecule has 2 heterocycles. The van der Waals surface area contributed by atoms with Gasteiger partial charge in [0.05, 0.1) is 0 Å². The molecule has 0 aliphatic carbocycles. The molecule has 1 aromatic heterocycles. The fourth-order valence-electron chi connectivity index (χ4n) is 2.88. The van der Waals surface area contributed by atoms with Crippen LogP contribution in [0.4, 0.5) is 5.69 Å². The fraction of sp³-hybridized carbons (Fsp3) is 0.688. The third kappa shape index (κ3) is 3.93. The lowest BCUT2D eigenvalue weighted by Gasteiger charge is -2.35. The molecule has 0 aromatic carbocycles. The minimum Gasteiger partial charge on any atom is -0.371 e. The molecule has 0 bridgehead atoms. The number of hydrogen-bond donors (Lipinski definition) is 1. The first-order chi connectivity index (χ1) is 9.35. The highest BCUT2D eigenvalue weighted by Gasteiger charge is 2.20. The van der Waals surface area contributed by atoms with Gasteiger partial charge in [0.25, 0.3) is 0 Å². The van der Waals surface area contributed by atoms with Crippen LogP contribution in [0, 0.1) is 5.92 Å². The van der Waals surface area contributed by atoms with Crippen LogP contribution in [0.15, 0.2) is 18.5 Å². The summed E-state index contributed by atoms with van der Waals surface area (Å²) in [7, 11) is 0. The van der Waals surface area contributed by atoms with E-state index in [0.29, 0.717) is 0 Å². The zero-order valence-electron chi connectivity index (χ0n) is 12.4. The molecule has 1 aliphatic heterocycles. The molecule has 0 amide bonds. The maximum absolute atomic E-state index is 4.29. The molecule has 1 unspecified atom stereocenters. The summed E-state index contributed by atoms with van der Waals surface area (Å²) in [6, 6.07) is 2.18. The monoisotopic (exact) mass is 261 g/mol. The summed E-state index contributed by atoms with van der Waals surface area (Å²) in [6.07, 6.45) is 9.13. The molecule has 3 nitrogen and oxygen atoms in total. The molecule has 1 aliphatic rings. The Kier molecular flexibility index (Phi) is 5.64. The van der Waals surface area contributed by atoms with E-state index in [1.54, 1.807) is 0 Å². The van der Waals surface area contributed by atoms with Gasteiger partial charge in [-0.1, -0.05) is 20.3 Å². The van der Waals surface area contributed by atoms with Crippen LogP contribution in [0.1, 0.15) is 45.1 Å². The molecule has 0 saturated carbocycles. The maximum atomic E-state index is 4.29. The Morgan fingerprint density at radius 2 is 2.32 bits per heavy atom. The van der Waals surface area contributed by atoms with Gasteiger partial charge in [0.2, 0.25) is 0 Å². The van der Waals surface area contributed by atoms with Crippen LogP contribution >= 0.6 is 0 Å². The van der Waals surface area contributed by atoms with Crippen molar-refractivity contribution < 1.29 is 0 Å². The molecule has 19 heavy (non-hydrogen) atoms. The molecule has 1 N–H and O–H groups in total. The van der Waals surface area contributed by atoms with E-state index in [9.17, 15) is 0 Å². The Balaban J connectivity index is 2.05. The second kappa shape index (κ2) is 7.49. The Labute approximate surface area is 117 Å². The molecule has 3 heteroatoms. The second-order valence-corrected chi connectivity index (χ2v) is 5.54. The lowest BCUT2D eigenvalue weighted by molar-refractivity contribution is 0.404. The molecule has 0 radical (unpaired) electrons. The third-order valence-corrected chi connectivity index (χ3v) is 4.06. The third-order valence-electron chi connectivity index (χ3n) is 4.06. The van der Waals surface area contributed by atoms with Crippen molar-refractivity contribution in [2.24, 2.45) is 5.92 Å². The van der Waals surface area contributed by atoms with Gasteiger partial charge in [-0.25, -0.2) is 0 Å². The summed E-state index contributed by atoms with van der Waals surface area (Å²) >= 11 is 0. The van der Waals surface area contributed by atoms with Gasteiger partial charge in [-0.3, -0.25) is 4.98 Å². The Hall–Kier alpha value is -1.09. The largest absolute Gasteiger partial charge is 0.371 e. The van der Waals surface area contributed by atoms with Crippen molar-refractivity contribution in [1.82, 2.24) is 10.3 Å². The minimum atomic E-state index is 0.860. The summed E-state index contributed by atoms with van der Waals surface area (Å²) in [4.78, 5) is 6.85. The van der Waals surface area contributed by atoms with Gasteiger partial charge in [0, 0.05) is 43.3 Å². The Morgan fingerprint density at radius 1 is 1.42 bits per heavy atom. The number of rotatable bonds is 6. The first kappa shape index (κ1) is 14.3. The van der Waals surface area contributed by atoms with Crippen LogP contribution in [-0.2, 0) is 6.54 Å². The van der Waals surface area contributed by atoms with Crippen molar-refractivity contribution in [1.29, 1.82) is 0 Å². The lowest BCUT2D eigenvalue weighted by Crippen LogP contribution is -2.36. The van der Waals surface area contributed by atoms with Crippen LogP contribution in [0.5, 0.6) is 0 Å². The molecule has 1 saturated heterocycles. The highest BCUT2D eigenvalue weighted by Crippen LogP contribution is 2.27. The number of pyridine rings is 1. The second-order valence-electron chi connectivity index (χ2n) is 5.54. The topological polar surface area (TPSA) is 28.2 Å². The van der Waals surface area contributed by atoms with Gasteiger partial charge in [0.15, 0.2) is 0 Å². The normalized spacial score (nSPS) is 19.7. The quantitative estimate of drug-likeness (QED) is 0.797. The number of piperidine rings is 1. The van der Waals surface area contributed by atoms with E-state index in [1.165, 1.54) is 50.0 Å². The number of anilines is 1. The molecule has 0 spiro atoms. The van der Waals surface area contributed by atoms with Crippen LogP contribution in [0.25, 0.3) is 0 Å². The zero-order valence-corrected chi connectivity index (χ0v) is 12.4. The van der Waals surface area contributed by atoms with Crippen molar-refractivity contribution in [2.45, 2.75) is 46.1 Å². The lowest BCUT2D eigenvalue weighted by atomic mass is 9.95. The van der Waals surface area contributed by atoms with E-state index < -0.39 is 0 Å². The van der Waals surface area contributed by atoms with Crippen LogP contribution in [-0.4, -0.2) is 24.6 Å². The van der Waals surface area contributed by atoms with E-state index in [0.717, 1.165) is 19.0 Å². The average molecular weight is 261 g/mol. The smallest absolute Gasteiger partial charge is 0.0442 e. The average Bonchev–Trinajstić information content (AvgIpc) is 2.48. The van der Waals surface area contributed by atoms with Crippen LogP contribution in [0.2, 0.25) is 0 Å². The number of nitrogens with one attached hydrogen (secondary N) is 1. The van der Waals surface area contributed by atoms with Crippen molar-refractivity contribution >= 4 is 5.69 Å². The van der Waals surface area contributed by atoms with Crippen molar-refractivity contribution in [2.75, 3.05) is 24.5 Å². The summed E-state index contributed by atoms with van der Waals surface area (Å²) in [5, 5.41) is 3.49. The number of aromatic nitrogens is 1. The zero-order chi connectivity index (χ0) is 13.5. The Bertz CT molecular complexity index is 378. The molecular formula is C16H27N3. The van der Waals surface area contributed by atoms with Crippen molar-refractivity contribution in [3.05, 3.63) is 24.0 Å². The predicted molar refractivity (Wildman–Crippen MR) is 81.5 cm³/mol. The van der Waals surface area contributed by atoms with Crippen LogP contribution in [0.3, 0.4) is 0 Å². The summed E-state index contributed by atoms with van der Waals surface area (Å²) in [6.45, 7) is 8.93. The SMILES string of the molecule is CCCNCc1cnccc1N1CCCC(CC)C1. The molecular weight excluding hydrogens is 234 g/mol. The summed E-state index contributed by atoms with van der Waals surface area (Å²) in [5.74, 6) is 0.860. The standard InChI is InChI=1S/C16H27N3/c1-3-8-17-11-15-12-18-9-7-16(15)19-10-5-6-14(4-2)13-19/h7,9,12,14,17H,3-6,8,10-11,13H2,1-2H3. The highest BCUT2D eigenvalue weighted by molar-refractivity contribution is 5.52. The molecule has 2 rings (SSSR count). The van der Waals surface area contributed by atoms with E-state index in [-0.39, 0.29) is 0 Å². The number of hydrogen-bond acceptors (Lipinski definition) is 3. The van der Waals surface area contributed by atoms with Crippen molar-refractivity contribution in [3.63, 3.8) is 0 Å². The molecule has 106 valence electrons. The summed E-state index contributed by atoms with van der Waals surface area (Å²) in [5.41, 5.74) is 2.73. The molecule has 1 aromatic rings. The van der Waals surface area contributed by atoms with Gasteiger partial charge in [-0.05, 0) is 37.8 Å². The molecule has 1 fully saturated rings. The summed E-state index contributed by atoms with van der Waals surface area (Å²) < 4.78 is 0. The van der Waals surface area contributed by atoms with Gasteiger partial charge in [-0.2, -0.15) is 0 Å². The van der Waals surface area contributed by atoms with Gasteiger partial charge in [-0.15, -0.1) is 0 Å².